The molecule has 3 unspecified atom stereocenters. The van der Waals surface area contributed by atoms with Gasteiger partial charge in [0.05, 0.1) is 6.10 Å². The molecule has 0 aromatic carbocycles. The first kappa shape index (κ1) is 15.2. The van der Waals surface area contributed by atoms with Crippen molar-refractivity contribution >= 4 is 6.21 Å². The molecule has 0 amide bonds. The molecule has 1 aliphatic carbocycles. The summed E-state index contributed by atoms with van der Waals surface area (Å²) in [7, 11) is 0. The van der Waals surface area contributed by atoms with Gasteiger partial charge in [0.15, 0.2) is 0 Å². The van der Waals surface area contributed by atoms with E-state index in [1.165, 1.54) is 11.8 Å². The molecule has 1 aliphatic rings. The third-order valence-electron chi connectivity index (χ3n) is 3.47. The molecule has 104 valence electrons. The van der Waals surface area contributed by atoms with E-state index in [0.717, 1.165) is 0 Å². The third-order valence-corrected chi connectivity index (χ3v) is 3.47. The number of ether oxygens (including phenoxy) is 1. The zero-order chi connectivity index (χ0) is 13.9. The van der Waals surface area contributed by atoms with Crippen LogP contribution in [0.25, 0.3) is 0 Å². The van der Waals surface area contributed by atoms with Gasteiger partial charge in [0.2, 0.25) is 0 Å². The van der Waals surface area contributed by atoms with Crippen LogP contribution < -0.4 is 0 Å². The summed E-state index contributed by atoms with van der Waals surface area (Å²) in [4.78, 5) is 0. The molecule has 0 radical (unpaired) electrons. The highest BCUT2D eigenvalue weighted by atomic mass is 19.4. The minimum atomic E-state index is -4.29. The molecule has 18 heavy (non-hydrogen) atoms. The molecule has 0 spiro atoms. The van der Waals surface area contributed by atoms with Gasteiger partial charge in [-0.05, 0) is 25.2 Å². The fourth-order valence-corrected chi connectivity index (χ4v) is 1.98. The van der Waals surface area contributed by atoms with Crippen LogP contribution in [0.5, 0.6) is 0 Å². The van der Waals surface area contributed by atoms with Crippen LogP contribution in [0, 0.1) is 23.2 Å². The Balaban J connectivity index is 2.50. The van der Waals surface area contributed by atoms with Crippen molar-refractivity contribution in [3.63, 3.8) is 0 Å². The zero-order valence-electron chi connectivity index (χ0n) is 10.9. The van der Waals surface area contributed by atoms with Crippen molar-refractivity contribution in [2.75, 3.05) is 6.61 Å². The third kappa shape index (κ3) is 4.12. The second-order valence-electron chi connectivity index (χ2n) is 5.17. The van der Waals surface area contributed by atoms with Crippen molar-refractivity contribution in [3.05, 3.63) is 11.6 Å². The lowest BCUT2D eigenvalue weighted by atomic mass is 9.70. The van der Waals surface area contributed by atoms with Crippen molar-refractivity contribution in [1.82, 2.24) is 0 Å². The zero-order valence-corrected chi connectivity index (χ0v) is 10.9. The summed E-state index contributed by atoms with van der Waals surface area (Å²) in [6, 6.07) is 0. The fourth-order valence-electron chi connectivity index (χ4n) is 1.98. The van der Waals surface area contributed by atoms with Gasteiger partial charge in [-0.3, -0.25) is 0 Å². The average Bonchev–Trinajstić information content (AvgIpc) is 2.20. The van der Waals surface area contributed by atoms with E-state index in [1.807, 2.05) is 6.92 Å². The Morgan fingerprint density at radius 3 is 2.50 bits per heavy atom. The smallest absolute Gasteiger partial charge is 0.368 e. The average molecular weight is 263 g/mol. The van der Waals surface area contributed by atoms with Crippen LogP contribution in [-0.2, 0) is 4.74 Å². The first-order valence-corrected chi connectivity index (χ1v) is 6.12. The van der Waals surface area contributed by atoms with Gasteiger partial charge in [-0.15, -0.1) is 0 Å². The van der Waals surface area contributed by atoms with E-state index >= 15 is 0 Å². The number of alkyl halides is 3. The summed E-state index contributed by atoms with van der Waals surface area (Å²) in [6.45, 7) is 4.93. The molecule has 1 rings (SSSR count). The summed E-state index contributed by atoms with van der Waals surface area (Å²) in [6.07, 6.45) is -0.917. The lowest BCUT2D eigenvalue weighted by Crippen LogP contribution is -2.44. The van der Waals surface area contributed by atoms with Crippen molar-refractivity contribution in [1.29, 1.82) is 5.41 Å². The molecule has 3 atom stereocenters. The van der Waals surface area contributed by atoms with Crippen molar-refractivity contribution in [2.24, 2.45) is 17.8 Å². The largest absolute Gasteiger partial charge is 0.411 e. The summed E-state index contributed by atoms with van der Waals surface area (Å²) < 4.78 is 40.9. The highest BCUT2D eigenvalue weighted by Gasteiger charge is 2.41. The topological polar surface area (TPSA) is 33.1 Å². The fraction of sp³-hybridized carbons (Fsp3) is 0.769. The van der Waals surface area contributed by atoms with Crippen LogP contribution >= 0.6 is 0 Å². The number of nitrogens with one attached hydrogen (secondary N) is 1. The van der Waals surface area contributed by atoms with Crippen LogP contribution in [0.3, 0.4) is 0 Å². The molecule has 0 saturated heterocycles. The first-order chi connectivity index (χ1) is 8.24. The molecular weight excluding hydrogens is 243 g/mol. The summed E-state index contributed by atoms with van der Waals surface area (Å²) in [5.74, 6) is 0.343. The van der Waals surface area contributed by atoms with Crippen LogP contribution in [0.2, 0.25) is 0 Å². The Morgan fingerprint density at radius 1 is 1.44 bits per heavy atom. The molecule has 0 aromatic heterocycles. The van der Waals surface area contributed by atoms with Gasteiger partial charge in [-0.25, -0.2) is 0 Å². The van der Waals surface area contributed by atoms with Gasteiger partial charge in [0.1, 0.15) is 6.61 Å². The van der Waals surface area contributed by atoms with Crippen molar-refractivity contribution < 1.29 is 17.9 Å². The predicted octanol–water partition coefficient (Wildman–Crippen LogP) is 3.82. The summed E-state index contributed by atoms with van der Waals surface area (Å²) >= 11 is 0. The number of hydrogen-bond donors (Lipinski definition) is 1. The van der Waals surface area contributed by atoms with Crippen LogP contribution in [0.15, 0.2) is 11.6 Å². The number of allylic oxidation sites excluding steroid dienone is 2. The van der Waals surface area contributed by atoms with E-state index in [-0.39, 0.29) is 11.8 Å². The molecule has 1 fully saturated rings. The Morgan fingerprint density at radius 2 is 2.06 bits per heavy atom. The Labute approximate surface area is 106 Å². The molecular formula is C13H20F3NO. The Hall–Kier alpha value is -0.840. The van der Waals surface area contributed by atoms with E-state index in [2.05, 4.69) is 19.9 Å². The van der Waals surface area contributed by atoms with Gasteiger partial charge in [0, 0.05) is 12.1 Å². The number of halogens is 3. The van der Waals surface area contributed by atoms with Gasteiger partial charge in [-0.1, -0.05) is 25.5 Å². The van der Waals surface area contributed by atoms with E-state index in [9.17, 15) is 13.2 Å². The first-order valence-electron chi connectivity index (χ1n) is 6.12. The SMILES string of the molecule is CC(=CC1CC(OCC(F)(F)F)C1C=N)C(C)C. The number of rotatable bonds is 5. The monoisotopic (exact) mass is 263 g/mol. The van der Waals surface area contributed by atoms with Crippen molar-refractivity contribution in [2.45, 2.75) is 39.5 Å². The Kier molecular flexibility index (Phi) is 4.96. The minimum Gasteiger partial charge on any atom is -0.368 e. The van der Waals surface area contributed by atoms with E-state index in [1.54, 1.807) is 0 Å². The van der Waals surface area contributed by atoms with Crippen molar-refractivity contribution in [3.8, 4) is 0 Å². The summed E-state index contributed by atoms with van der Waals surface area (Å²) in [5, 5.41) is 7.29. The molecule has 0 aliphatic heterocycles. The van der Waals surface area contributed by atoms with E-state index < -0.39 is 18.9 Å². The van der Waals surface area contributed by atoms with Crippen LogP contribution in [0.1, 0.15) is 27.2 Å². The molecule has 0 bridgehead atoms. The van der Waals surface area contributed by atoms with Gasteiger partial charge >= 0.3 is 6.18 Å². The standard InChI is InChI=1S/C13H20F3NO/c1-8(2)9(3)4-10-5-12(11(10)6-17)18-7-13(14,15)16/h4,6,8,10-12,17H,5,7H2,1-3H3. The minimum absolute atomic E-state index is 0.142. The maximum atomic E-state index is 12.0. The molecule has 2 nitrogen and oxygen atoms in total. The number of hydrogen-bond acceptors (Lipinski definition) is 2. The highest BCUT2D eigenvalue weighted by Crippen LogP contribution is 2.38. The normalized spacial score (nSPS) is 29.3. The van der Waals surface area contributed by atoms with Gasteiger partial charge < -0.3 is 10.1 Å². The maximum absolute atomic E-state index is 12.0. The second kappa shape index (κ2) is 5.87. The lowest BCUT2D eigenvalue weighted by Gasteiger charge is -2.41. The van der Waals surface area contributed by atoms with Gasteiger partial charge in [-0.2, -0.15) is 13.2 Å². The molecule has 1 saturated carbocycles. The quantitative estimate of drug-likeness (QED) is 0.593. The molecule has 0 heterocycles. The van der Waals surface area contributed by atoms with Crippen LogP contribution in [-0.4, -0.2) is 25.1 Å². The Bertz CT molecular complexity index is 323. The second-order valence-corrected chi connectivity index (χ2v) is 5.17. The van der Waals surface area contributed by atoms with Crippen LogP contribution in [0.4, 0.5) is 13.2 Å². The molecule has 1 N–H and O–H groups in total. The predicted molar refractivity (Wildman–Crippen MR) is 64.8 cm³/mol. The lowest BCUT2D eigenvalue weighted by molar-refractivity contribution is -0.200. The van der Waals surface area contributed by atoms with E-state index in [0.29, 0.717) is 12.3 Å². The molecule has 5 heteroatoms. The van der Waals surface area contributed by atoms with E-state index in [4.69, 9.17) is 10.1 Å². The maximum Gasteiger partial charge on any atom is 0.411 e. The molecule has 0 aromatic rings. The summed E-state index contributed by atoms with van der Waals surface area (Å²) in [5.41, 5.74) is 1.21. The highest BCUT2D eigenvalue weighted by molar-refractivity contribution is 5.60. The van der Waals surface area contributed by atoms with Gasteiger partial charge in [0.25, 0.3) is 0 Å².